The monoisotopic (exact) mass is 244 g/mol. The van der Waals surface area contributed by atoms with Gasteiger partial charge in [0.2, 0.25) is 0 Å². The van der Waals surface area contributed by atoms with E-state index < -0.39 is 0 Å². The largest absolute Gasteiger partial charge is 0.384 e. The summed E-state index contributed by atoms with van der Waals surface area (Å²) in [4.78, 5) is 18.3. The number of amidine groups is 1. The van der Waals surface area contributed by atoms with Gasteiger partial charge in [-0.05, 0) is 0 Å². The fraction of sp³-hybridized carbons (Fsp3) is 0. The quantitative estimate of drug-likeness (QED) is 0.702. The molecular weight excluding hydrogens is 236 g/mol. The van der Waals surface area contributed by atoms with E-state index in [2.05, 4.69) is 9.98 Å². The smallest absolute Gasteiger partial charge is 0.306 e. The molecule has 0 bridgehead atoms. The van der Waals surface area contributed by atoms with Gasteiger partial charge in [-0.2, -0.15) is 0 Å². The van der Waals surface area contributed by atoms with Gasteiger partial charge in [0, 0.05) is 11.1 Å². The van der Waals surface area contributed by atoms with Crippen molar-refractivity contribution in [2.24, 2.45) is 4.99 Å². The van der Waals surface area contributed by atoms with Crippen molar-refractivity contribution in [3.63, 3.8) is 0 Å². The maximum absolute atomic E-state index is 11.2. The van der Waals surface area contributed by atoms with Crippen molar-refractivity contribution in [1.82, 2.24) is 4.98 Å². The number of rotatable bonds is 1. The van der Waals surface area contributed by atoms with Gasteiger partial charge in [0.25, 0.3) is 0 Å². The van der Waals surface area contributed by atoms with Crippen LogP contribution in [0.2, 0.25) is 0 Å². The molecule has 0 unspecified atom stereocenters. The van der Waals surface area contributed by atoms with Crippen molar-refractivity contribution < 1.29 is 0 Å². The van der Waals surface area contributed by atoms with E-state index in [-0.39, 0.29) is 10.7 Å². The molecule has 1 aromatic carbocycles. The molecule has 2 aromatic rings. The minimum atomic E-state index is -0.212. The highest BCUT2D eigenvalue weighted by atomic mass is 32.1. The van der Waals surface area contributed by atoms with Crippen LogP contribution in [0.3, 0.4) is 0 Å². The summed E-state index contributed by atoms with van der Waals surface area (Å²) in [7, 11) is 0. The minimum absolute atomic E-state index is 0.204. The standard InChI is InChI=1S/C11H8N4OS/c12-9-6-4-2-1-3-5(6)7(14-9)8-10(13)15-11(16)17-8/h1-4,12H,13H2,(H,15,16). The molecule has 1 aromatic heterocycles. The van der Waals surface area contributed by atoms with Crippen LogP contribution in [0.25, 0.3) is 0 Å². The average molecular weight is 244 g/mol. The second kappa shape index (κ2) is 3.39. The van der Waals surface area contributed by atoms with Gasteiger partial charge < -0.3 is 5.73 Å². The third kappa shape index (κ3) is 1.42. The summed E-state index contributed by atoms with van der Waals surface area (Å²) >= 11 is 1.01. The number of nitrogens with two attached hydrogens (primary N) is 1. The number of aromatic nitrogens is 1. The molecule has 0 spiro atoms. The van der Waals surface area contributed by atoms with Gasteiger partial charge in [-0.25, -0.2) is 4.99 Å². The zero-order valence-electron chi connectivity index (χ0n) is 8.65. The normalized spacial score (nSPS) is 13.6. The van der Waals surface area contributed by atoms with Crippen LogP contribution in [0.4, 0.5) is 5.82 Å². The predicted octanol–water partition coefficient (Wildman–Crippen LogP) is 1.19. The van der Waals surface area contributed by atoms with E-state index in [1.807, 2.05) is 24.3 Å². The summed E-state index contributed by atoms with van der Waals surface area (Å²) < 4.78 is 0. The maximum Gasteiger partial charge on any atom is 0.306 e. The van der Waals surface area contributed by atoms with Gasteiger partial charge in [0.15, 0.2) is 5.84 Å². The summed E-state index contributed by atoms with van der Waals surface area (Å²) in [5.41, 5.74) is 7.94. The molecule has 0 saturated carbocycles. The Balaban J connectivity index is 2.25. The third-order valence-corrected chi connectivity index (χ3v) is 3.46. The van der Waals surface area contributed by atoms with E-state index in [0.717, 1.165) is 22.5 Å². The first-order valence-electron chi connectivity index (χ1n) is 4.93. The first-order valence-corrected chi connectivity index (χ1v) is 5.74. The fourth-order valence-electron chi connectivity index (χ4n) is 1.82. The van der Waals surface area contributed by atoms with Crippen LogP contribution in [0.1, 0.15) is 16.0 Å². The lowest BCUT2D eigenvalue weighted by molar-refractivity contribution is 1.35. The van der Waals surface area contributed by atoms with Gasteiger partial charge in [-0.15, -0.1) is 0 Å². The summed E-state index contributed by atoms with van der Waals surface area (Å²) in [6.07, 6.45) is 0. The maximum atomic E-state index is 11.2. The van der Waals surface area contributed by atoms with Gasteiger partial charge in [-0.1, -0.05) is 35.6 Å². The van der Waals surface area contributed by atoms with Crippen LogP contribution in [0, 0.1) is 5.41 Å². The molecule has 2 heterocycles. The Morgan fingerprint density at radius 1 is 1.29 bits per heavy atom. The lowest BCUT2D eigenvalue weighted by Gasteiger charge is -2.00. The van der Waals surface area contributed by atoms with Crippen LogP contribution < -0.4 is 10.6 Å². The Morgan fingerprint density at radius 3 is 2.65 bits per heavy atom. The zero-order valence-corrected chi connectivity index (χ0v) is 9.47. The number of fused-ring (bicyclic) bond motifs is 1. The molecule has 0 aliphatic carbocycles. The summed E-state index contributed by atoms with van der Waals surface area (Å²) in [6.45, 7) is 0. The van der Waals surface area contributed by atoms with Crippen molar-refractivity contribution in [2.75, 3.05) is 5.73 Å². The van der Waals surface area contributed by atoms with Crippen LogP contribution in [-0.2, 0) is 0 Å². The predicted molar refractivity (Wildman–Crippen MR) is 68.3 cm³/mol. The van der Waals surface area contributed by atoms with Crippen molar-refractivity contribution in [1.29, 1.82) is 5.41 Å². The summed E-state index contributed by atoms with van der Waals surface area (Å²) in [5.74, 6) is 0.513. The molecule has 1 aliphatic rings. The topological polar surface area (TPSA) is 95.1 Å². The van der Waals surface area contributed by atoms with Crippen molar-refractivity contribution in [3.8, 4) is 0 Å². The number of benzene rings is 1. The number of aliphatic imine (C=N–C) groups is 1. The first-order chi connectivity index (χ1) is 8.16. The Morgan fingerprint density at radius 2 is 2.00 bits per heavy atom. The molecule has 4 N–H and O–H groups in total. The van der Waals surface area contributed by atoms with Crippen molar-refractivity contribution >= 4 is 28.7 Å². The minimum Gasteiger partial charge on any atom is -0.384 e. The van der Waals surface area contributed by atoms with Gasteiger partial charge in [0.05, 0.1) is 10.6 Å². The highest BCUT2D eigenvalue weighted by Crippen LogP contribution is 2.26. The number of thiazole rings is 1. The molecule has 6 heteroatoms. The third-order valence-electron chi connectivity index (χ3n) is 2.55. The van der Waals surface area contributed by atoms with Crippen LogP contribution in [-0.4, -0.2) is 16.5 Å². The van der Waals surface area contributed by atoms with E-state index in [0.29, 0.717) is 16.4 Å². The lowest BCUT2D eigenvalue weighted by atomic mass is 10.0. The average Bonchev–Trinajstić information content (AvgIpc) is 2.80. The number of anilines is 1. The lowest BCUT2D eigenvalue weighted by Crippen LogP contribution is -2.02. The number of nitrogens with one attached hydrogen (secondary N) is 2. The second-order valence-corrected chi connectivity index (χ2v) is 4.60. The number of aromatic amines is 1. The molecule has 84 valence electrons. The second-order valence-electron chi connectivity index (χ2n) is 3.61. The molecule has 5 nitrogen and oxygen atoms in total. The van der Waals surface area contributed by atoms with Crippen LogP contribution in [0.15, 0.2) is 34.1 Å². The van der Waals surface area contributed by atoms with Crippen molar-refractivity contribution in [3.05, 3.63) is 49.9 Å². The van der Waals surface area contributed by atoms with E-state index in [1.165, 1.54) is 0 Å². The fourth-order valence-corrected chi connectivity index (χ4v) is 2.58. The van der Waals surface area contributed by atoms with E-state index in [4.69, 9.17) is 11.1 Å². The van der Waals surface area contributed by atoms with Gasteiger partial charge >= 0.3 is 4.87 Å². The van der Waals surface area contributed by atoms with E-state index in [1.54, 1.807) is 0 Å². The number of nitrogen functional groups attached to an aromatic ring is 1. The summed E-state index contributed by atoms with van der Waals surface area (Å²) in [5, 5.41) is 7.78. The van der Waals surface area contributed by atoms with Crippen LogP contribution >= 0.6 is 11.3 Å². The first kappa shape index (κ1) is 9.98. The van der Waals surface area contributed by atoms with E-state index >= 15 is 0 Å². The highest BCUT2D eigenvalue weighted by Gasteiger charge is 2.24. The highest BCUT2D eigenvalue weighted by molar-refractivity contribution is 7.12. The number of hydrogen-bond acceptors (Lipinski definition) is 4. The SMILES string of the molecule is N=C1N=C(c2sc(=O)[nH]c2N)c2ccccc21. The van der Waals surface area contributed by atoms with Gasteiger partial charge in [-0.3, -0.25) is 15.2 Å². The van der Waals surface area contributed by atoms with Crippen LogP contribution in [0.5, 0.6) is 0 Å². The molecule has 0 saturated heterocycles. The van der Waals surface area contributed by atoms with Crippen molar-refractivity contribution in [2.45, 2.75) is 0 Å². The molecule has 1 aliphatic heterocycles. The van der Waals surface area contributed by atoms with E-state index in [9.17, 15) is 4.79 Å². The Kier molecular flexibility index (Phi) is 1.99. The number of hydrogen-bond donors (Lipinski definition) is 3. The number of nitrogens with zero attached hydrogens (tertiary/aromatic N) is 1. The molecule has 3 rings (SSSR count). The zero-order chi connectivity index (χ0) is 12.0. The molecule has 17 heavy (non-hydrogen) atoms. The molecule has 0 radical (unpaired) electrons. The molecule has 0 amide bonds. The summed E-state index contributed by atoms with van der Waals surface area (Å²) in [6, 6.07) is 7.44. The molecule has 0 fully saturated rings. The Bertz CT molecular complexity index is 710. The molecule has 0 atom stereocenters. The number of H-pyrrole nitrogens is 1. The van der Waals surface area contributed by atoms with Gasteiger partial charge in [0.1, 0.15) is 5.82 Å². The molecular formula is C11H8N4OS. The Labute approximate surface area is 100 Å². The Hall–Kier alpha value is -2.21.